The van der Waals surface area contributed by atoms with E-state index in [9.17, 15) is 30.0 Å². The van der Waals surface area contributed by atoms with Gasteiger partial charge in [0.15, 0.2) is 0 Å². The fourth-order valence-electron chi connectivity index (χ4n) is 2.09. The van der Waals surface area contributed by atoms with Gasteiger partial charge in [0.05, 0.1) is 18.8 Å². The van der Waals surface area contributed by atoms with Crippen LogP contribution in [0.15, 0.2) is 0 Å². The second-order valence-electron chi connectivity index (χ2n) is 5.04. The minimum Gasteiger partial charge on any atom is -0.477 e. The van der Waals surface area contributed by atoms with Gasteiger partial charge < -0.3 is 35.4 Å². The van der Waals surface area contributed by atoms with Crippen molar-refractivity contribution in [2.24, 2.45) is 0 Å². The Morgan fingerprint density at radius 3 is 2.45 bits per heavy atom. The zero-order valence-electron chi connectivity index (χ0n) is 11.7. The Morgan fingerprint density at radius 2 is 2.00 bits per heavy atom. The van der Waals surface area contributed by atoms with E-state index >= 15 is 0 Å². The van der Waals surface area contributed by atoms with Crippen molar-refractivity contribution < 1.29 is 45.0 Å². The molecule has 0 radical (unpaired) electrons. The Kier molecular flexibility index (Phi) is 6.19. The van der Waals surface area contributed by atoms with Crippen LogP contribution in [0, 0.1) is 0 Å². The molecule has 0 saturated carbocycles. The largest absolute Gasteiger partial charge is 0.477 e. The van der Waals surface area contributed by atoms with Crippen molar-refractivity contribution in [3.8, 4) is 0 Å². The molecule has 1 aliphatic rings. The van der Waals surface area contributed by atoms with Gasteiger partial charge in [0.1, 0.15) is 18.3 Å². The lowest BCUT2D eigenvalue weighted by molar-refractivity contribution is -0.296. The molecule has 22 heavy (non-hydrogen) atoms. The Morgan fingerprint density at radius 1 is 1.41 bits per heavy atom. The van der Waals surface area contributed by atoms with Crippen molar-refractivity contribution in [3.63, 3.8) is 0 Å². The fraction of sp³-hybridized carbons (Fsp3) is 0.818. The molecule has 0 aromatic rings. The Labute approximate surface area is 125 Å². The number of carboxylic acid groups (broad SMARTS) is 1. The first-order chi connectivity index (χ1) is 10.1. The quantitative estimate of drug-likeness (QED) is 0.222. The zero-order chi connectivity index (χ0) is 17.1. The molecule has 1 fully saturated rings. The summed E-state index contributed by atoms with van der Waals surface area (Å²) < 4.78 is 4.90. The highest BCUT2D eigenvalue weighted by atomic mass is 16.7. The van der Waals surface area contributed by atoms with Crippen molar-refractivity contribution >= 4 is 11.9 Å². The highest BCUT2D eigenvalue weighted by molar-refractivity contribution is 5.75. The van der Waals surface area contributed by atoms with Gasteiger partial charge in [-0.05, 0) is 0 Å². The molecular weight excluding hydrogens is 304 g/mol. The van der Waals surface area contributed by atoms with E-state index in [0.717, 1.165) is 6.92 Å². The van der Waals surface area contributed by atoms with E-state index in [1.807, 2.05) is 0 Å². The molecule has 1 aliphatic heterocycles. The van der Waals surface area contributed by atoms with Crippen molar-refractivity contribution in [2.75, 3.05) is 6.61 Å². The van der Waals surface area contributed by atoms with Crippen molar-refractivity contribution in [1.29, 1.82) is 0 Å². The number of carbonyl (C=O) groups is 2. The SMILES string of the molecule is CC(=O)NN[C@H]1[C@H]([C@H](O)[C@H](O)CO)OC(O)(C(=O)O)C[C@@H]1O. The van der Waals surface area contributed by atoms with Gasteiger partial charge >= 0.3 is 5.97 Å². The number of nitrogens with one attached hydrogen (secondary N) is 2. The normalized spacial score (nSPS) is 34.7. The number of ether oxygens (including phenoxy) is 1. The second kappa shape index (κ2) is 7.28. The highest BCUT2D eigenvalue weighted by Gasteiger charge is 2.53. The van der Waals surface area contributed by atoms with E-state index in [1.54, 1.807) is 0 Å². The van der Waals surface area contributed by atoms with Gasteiger partial charge in [-0.25, -0.2) is 10.2 Å². The minimum absolute atomic E-state index is 0.540. The predicted molar refractivity (Wildman–Crippen MR) is 67.9 cm³/mol. The smallest absolute Gasteiger partial charge is 0.364 e. The van der Waals surface area contributed by atoms with E-state index in [-0.39, 0.29) is 0 Å². The highest BCUT2D eigenvalue weighted by Crippen LogP contribution is 2.30. The number of rotatable bonds is 6. The van der Waals surface area contributed by atoms with Gasteiger partial charge in [0.25, 0.3) is 5.79 Å². The molecule has 8 N–H and O–H groups in total. The van der Waals surface area contributed by atoms with Crippen LogP contribution in [-0.4, -0.2) is 85.4 Å². The number of hydrogen-bond acceptors (Lipinski definition) is 9. The lowest BCUT2D eigenvalue weighted by atomic mass is 9.89. The van der Waals surface area contributed by atoms with Crippen LogP contribution in [0.1, 0.15) is 13.3 Å². The first-order valence-electron chi connectivity index (χ1n) is 6.43. The maximum Gasteiger partial charge on any atom is 0.364 e. The van der Waals surface area contributed by atoms with E-state index in [0.29, 0.717) is 0 Å². The summed E-state index contributed by atoms with van der Waals surface area (Å²) >= 11 is 0. The maximum atomic E-state index is 11.0. The average molecular weight is 324 g/mol. The summed E-state index contributed by atoms with van der Waals surface area (Å²) in [7, 11) is 0. The lowest BCUT2D eigenvalue weighted by Crippen LogP contribution is -2.68. The molecular formula is C11H20N2O9. The molecule has 0 bridgehead atoms. The van der Waals surface area contributed by atoms with Crippen LogP contribution in [0.25, 0.3) is 0 Å². The van der Waals surface area contributed by atoms with Crippen LogP contribution >= 0.6 is 0 Å². The van der Waals surface area contributed by atoms with Gasteiger partial charge in [-0.2, -0.15) is 0 Å². The number of aliphatic hydroxyl groups is 5. The lowest BCUT2D eigenvalue weighted by Gasteiger charge is -2.44. The summed E-state index contributed by atoms with van der Waals surface area (Å²) in [5.74, 6) is -5.11. The first-order valence-corrected chi connectivity index (χ1v) is 6.43. The summed E-state index contributed by atoms with van der Waals surface area (Å²) in [4.78, 5) is 21.9. The van der Waals surface area contributed by atoms with E-state index in [4.69, 9.17) is 14.9 Å². The molecule has 0 aliphatic carbocycles. The monoisotopic (exact) mass is 324 g/mol. The number of carboxylic acids is 1. The third-order valence-corrected chi connectivity index (χ3v) is 3.25. The zero-order valence-corrected chi connectivity index (χ0v) is 11.7. The van der Waals surface area contributed by atoms with Crippen LogP contribution < -0.4 is 10.9 Å². The molecule has 1 rings (SSSR count). The van der Waals surface area contributed by atoms with Crippen molar-refractivity contribution in [3.05, 3.63) is 0 Å². The van der Waals surface area contributed by atoms with Crippen LogP contribution in [0.4, 0.5) is 0 Å². The van der Waals surface area contributed by atoms with Gasteiger partial charge in [-0.1, -0.05) is 0 Å². The summed E-state index contributed by atoms with van der Waals surface area (Å²) in [5.41, 5.74) is 4.46. The summed E-state index contributed by atoms with van der Waals surface area (Å²) in [6, 6.07) is -1.24. The van der Waals surface area contributed by atoms with Crippen LogP contribution in [0.5, 0.6) is 0 Å². The van der Waals surface area contributed by atoms with Crippen molar-refractivity contribution in [1.82, 2.24) is 10.9 Å². The van der Waals surface area contributed by atoms with Crippen molar-refractivity contribution in [2.45, 2.75) is 49.6 Å². The minimum atomic E-state index is -2.78. The third kappa shape index (κ3) is 4.10. The number of aliphatic carboxylic acids is 1. The molecule has 1 amide bonds. The van der Waals surface area contributed by atoms with Gasteiger partial charge in [0.2, 0.25) is 5.91 Å². The molecule has 11 heteroatoms. The summed E-state index contributed by atoms with van der Waals surface area (Å²) in [5, 5.41) is 57.0. The number of hydrazine groups is 1. The third-order valence-electron chi connectivity index (χ3n) is 3.25. The van der Waals surface area contributed by atoms with Crippen LogP contribution in [-0.2, 0) is 14.3 Å². The fourth-order valence-corrected chi connectivity index (χ4v) is 2.09. The molecule has 0 aromatic heterocycles. The number of amides is 1. The second-order valence-corrected chi connectivity index (χ2v) is 5.04. The van der Waals surface area contributed by atoms with Gasteiger partial charge in [-0.15, -0.1) is 0 Å². The topological polar surface area (TPSA) is 189 Å². The molecule has 0 aromatic carbocycles. The molecule has 1 unspecified atom stereocenters. The average Bonchev–Trinajstić information content (AvgIpc) is 2.43. The number of aliphatic hydroxyl groups excluding tert-OH is 4. The van der Waals surface area contributed by atoms with Crippen LogP contribution in [0.3, 0.4) is 0 Å². The maximum absolute atomic E-state index is 11.0. The molecule has 0 spiro atoms. The molecule has 128 valence electrons. The van der Waals surface area contributed by atoms with E-state index < -0.39 is 61.1 Å². The Hall–Kier alpha value is -1.34. The Balaban J connectivity index is 3.02. The number of hydrogen-bond donors (Lipinski definition) is 8. The number of carbonyl (C=O) groups excluding carboxylic acids is 1. The molecule has 1 saturated heterocycles. The van der Waals surface area contributed by atoms with Crippen LogP contribution in [0.2, 0.25) is 0 Å². The van der Waals surface area contributed by atoms with Gasteiger partial charge in [-0.3, -0.25) is 10.2 Å². The summed E-state index contributed by atoms with van der Waals surface area (Å²) in [6.45, 7) is 0.292. The van der Waals surface area contributed by atoms with E-state index in [1.165, 1.54) is 0 Å². The molecule has 6 atom stereocenters. The van der Waals surface area contributed by atoms with Gasteiger partial charge in [0, 0.05) is 13.3 Å². The van der Waals surface area contributed by atoms with E-state index in [2.05, 4.69) is 10.9 Å². The Bertz CT molecular complexity index is 420. The first kappa shape index (κ1) is 18.7. The standard InChI is InChI=1S/C11H20N2O9/c1-4(15)12-13-7-5(16)2-11(21,10(19)20)22-9(7)8(18)6(17)3-14/h5-9,13-14,16-18,21H,2-3H2,1H3,(H,12,15)(H,19,20)/t5-,6+,7+,8+,9+,11?/m0/s1. The summed E-state index contributed by atoms with van der Waals surface area (Å²) in [6.07, 6.45) is -7.45. The predicted octanol–water partition coefficient (Wildman–Crippen LogP) is -4.37. The molecule has 1 heterocycles. The molecule has 11 nitrogen and oxygen atoms in total.